The third-order valence-electron chi connectivity index (χ3n) is 3.07. The van der Waals surface area contributed by atoms with E-state index in [0.717, 1.165) is 5.82 Å². The van der Waals surface area contributed by atoms with Gasteiger partial charge in [-0.3, -0.25) is 4.21 Å². The van der Waals surface area contributed by atoms with E-state index in [1.165, 1.54) is 12.4 Å². The molecule has 0 atom stereocenters. The van der Waals surface area contributed by atoms with Gasteiger partial charge >= 0.3 is 0 Å². The SMILES string of the molecule is O=S1CCN(c2ncnc3c(F)cccc23)CC1. The smallest absolute Gasteiger partial charge is 0.149 e. The quantitative estimate of drug-likeness (QED) is 0.780. The number of hydrogen-bond donors (Lipinski definition) is 0. The van der Waals surface area contributed by atoms with Crippen LogP contribution in [0.25, 0.3) is 10.9 Å². The van der Waals surface area contributed by atoms with Crippen molar-refractivity contribution in [1.29, 1.82) is 0 Å². The summed E-state index contributed by atoms with van der Waals surface area (Å²) in [6, 6.07) is 4.87. The zero-order chi connectivity index (χ0) is 12.5. The largest absolute Gasteiger partial charge is 0.354 e. The molecule has 2 heterocycles. The van der Waals surface area contributed by atoms with E-state index in [4.69, 9.17) is 0 Å². The predicted octanol–water partition coefficient (Wildman–Crippen LogP) is 1.34. The van der Waals surface area contributed by atoms with Crippen LogP contribution >= 0.6 is 0 Å². The molecule has 0 radical (unpaired) electrons. The maximum atomic E-state index is 13.6. The summed E-state index contributed by atoms with van der Waals surface area (Å²) in [4.78, 5) is 10.3. The normalized spacial score (nSPS) is 17.3. The highest BCUT2D eigenvalue weighted by molar-refractivity contribution is 7.85. The van der Waals surface area contributed by atoms with Gasteiger partial charge in [-0.05, 0) is 12.1 Å². The number of hydrogen-bond acceptors (Lipinski definition) is 4. The van der Waals surface area contributed by atoms with Crippen LogP contribution in [-0.4, -0.2) is 38.8 Å². The van der Waals surface area contributed by atoms with Crippen molar-refractivity contribution in [3.05, 3.63) is 30.3 Å². The number of para-hydroxylation sites is 1. The fourth-order valence-electron chi connectivity index (χ4n) is 2.14. The molecule has 1 aromatic carbocycles. The van der Waals surface area contributed by atoms with Gasteiger partial charge in [0.25, 0.3) is 0 Å². The van der Waals surface area contributed by atoms with Gasteiger partial charge in [0.15, 0.2) is 0 Å². The van der Waals surface area contributed by atoms with Crippen LogP contribution in [0.15, 0.2) is 24.5 Å². The van der Waals surface area contributed by atoms with Crippen molar-refractivity contribution in [1.82, 2.24) is 9.97 Å². The van der Waals surface area contributed by atoms with Gasteiger partial charge < -0.3 is 4.90 Å². The number of rotatable bonds is 1. The van der Waals surface area contributed by atoms with Gasteiger partial charge in [-0.25, -0.2) is 14.4 Å². The van der Waals surface area contributed by atoms with Gasteiger partial charge in [-0.15, -0.1) is 0 Å². The Morgan fingerprint density at radius 2 is 2.00 bits per heavy atom. The zero-order valence-corrected chi connectivity index (χ0v) is 10.5. The molecule has 0 N–H and O–H groups in total. The molecule has 6 heteroatoms. The Labute approximate surface area is 106 Å². The molecule has 1 aromatic heterocycles. The fraction of sp³-hybridized carbons (Fsp3) is 0.333. The molecule has 2 aromatic rings. The molecule has 0 spiro atoms. The Kier molecular flexibility index (Phi) is 2.95. The van der Waals surface area contributed by atoms with Crippen molar-refractivity contribution in [2.24, 2.45) is 0 Å². The second-order valence-electron chi connectivity index (χ2n) is 4.17. The molecule has 0 amide bonds. The number of benzene rings is 1. The summed E-state index contributed by atoms with van der Waals surface area (Å²) in [7, 11) is -0.732. The first kappa shape index (κ1) is 11.5. The number of anilines is 1. The van der Waals surface area contributed by atoms with E-state index in [9.17, 15) is 8.60 Å². The average molecular weight is 265 g/mol. The minimum Gasteiger partial charge on any atom is -0.354 e. The minimum absolute atomic E-state index is 0.336. The summed E-state index contributed by atoms with van der Waals surface area (Å²) in [5.74, 6) is 1.68. The molecule has 3 rings (SSSR count). The number of aromatic nitrogens is 2. The lowest BCUT2D eigenvalue weighted by Gasteiger charge is -2.28. The highest BCUT2D eigenvalue weighted by Crippen LogP contribution is 2.25. The first-order valence-corrected chi connectivity index (χ1v) is 7.23. The molecule has 0 saturated carbocycles. The first-order valence-electron chi connectivity index (χ1n) is 5.75. The fourth-order valence-corrected chi connectivity index (χ4v) is 3.19. The first-order chi connectivity index (χ1) is 8.75. The van der Waals surface area contributed by atoms with Crippen LogP contribution in [0.2, 0.25) is 0 Å². The standard InChI is InChI=1S/C12H12FN3OS/c13-10-3-1-2-9-11(10)14-8-15-12(9)16-4-6-18(17)7-5-16/h1-3,8H,4-7H2. The summed E-state index contributed by atoms with van der Waals surface area (Å²) in [5.41, 5.74) is 0.342. The summed E-state index contributed by atoms with van der Waals surface area (Å²) in [6.45, 7) is 1.38. The molecule has 18 heavy (non-hydrogen) atoms. The van der Waals surface area contributed by atoms with Crippen LogP contribution in [0.1, 0.15) is 0 Å². The van der Waals surface area contributed by atoms with Crippen molar-refractivity contribution in [3.63, 3.8) is 0 Å². The molecular formula is C12H12FN3OS. The van der Waals surface area contributed by atoms with Gasteiger partial charge in [0, 0.05) is 40.8 Å². The van der Waals surface area contributed by atoms with E-state index in [2.05, 4.69) is 9.97 Å². The number of fused-ring (bicyclic) bond motifs is 1. The molecule has 1 aliphatic rings. The van der Waals surface area contributed by atoms with Crippen LogP contribution < -0.4 is 4.90 Å². The third kappa shape index (κ3) is 1.96. The second kappa shape index (κ2) is 4.61. The average Bonchev–Trinajstić information content (AvgIpc) is 2.40. The van der Waals surface area contributed by atoms with E-state index in [1.807, 2.05) is 11.0 Å². The Morgan fingerprint density at radius 1 is 1.22 bits per heavy atom. The number of halogens is 1. The summed E-state index contributed by atoms with van der Waals surface area (Å²) in [5, 5.41) is 0.713. The summed E-state index contributed by atoms with van der Waals surface area (Å²) < 4.78 is 25.0. The van der Waals surface area contributed by atoms with Crippen LogP contribution in [0, 0.1) is 5.82 Å². The van der Waals surface area contributed by atoms with Gasteiger partial charge in [-0.2, -0.15) is 0 Å². The zero-order valence-electron chi connectivity index (χ0n) is 9.67. The van der Waals surface area contributed by atoms with Crippen molar-refractivity contribution < 1.29 is 8.60 Å². The predicted molar refractivity (Wildman–Crippen MR) is 69.6 cm³/mol. The lowest BCUT2D eigenvalue weighted by atomic mass is 10.2. The molecule has 0 aliphatic carbocycles. The maximum absolute atomic E-state index is 13.6. The van der Waals surface area contributed by atoms with Crippen LogP contribution in [0.5, 0.6) is 0 Å². The van der Waals surface area contributed by atoms with E-state index >= 15 is 0 Å². The highest BCUT2D eigenvalue weighted by Gasteiger charge is 2.19. The van der Waals surface area contributed by atoms with Crippen LogP contribution in [-0.2, 0) is 10.8 Å². The topological polar surface area (TPSA) is 46.1 Å². The van der Waals surface area contributed by atoms with Crippen LogP contribution in [0.3, 0.4) is 0 Å². The highest BCUT2D eigenvalue weighted by atomic mass is 32.2. The van der Waals surface area contributed by atoms with Gasteiger partial charge in [0.2, 0.25) is 0 Å². The van der Waals surface area contributed by atoms with Gasteiger partial charge in [0.05, 0.1) is 0 Å². The van der Waals surface area contributed by atoms with E-state index in [0.29, 0.717) is 35.5 Å². The van der Waals surface area contributed by atoms with Crippen molar-refractivity contribution in [2.45, 2.75) is 0 Å². The monoisotopic (exact) mass is 265 g/mol. The van der Waals surface area contributed by atoms with E-state index < -0.39 is 10.8 Å². The third-order valence-corrected chi connectivity index (χ3v) is 4.35. The van der Waals surface area contributed by atoms with Gasteiger partial charge in [-0.1, -0.05) is 6.07 Å². The number of nitrogens with zero attached hydrogens (tertiary/aromatic N) is 3. The molecule has 94 valence electrons. The Hall–Kier alpha value is -1.56. The van der Waals surface area contributed by atoms with Crippen LogP contribution in [0.4, 0.5) is 10.2 Å². The molecule has 0 bridgehead atoms. The Bertz CT molecular complexity index is 609. The Balaban J connectivity index is 2.07. The molecule has 1 saturated heterocycles. The van der Waals surface area contributed by atoms with Crippen molar-refractivity contribution in [2.75, 3.05) is 29.5 Å². The summed E-state index contributed by atoms with van der Waals surface area (Å²) >= 11 is 0. The summed E-state index contributed by atoms with van der Waals surface area (Å²) in [6.07, 6.45) is 1.38. The van der Waals surface area contributed by atoms with Crippen molar-refractivity contribution >= 4 is 27.5 Å². The molecule has 0 unspecified atom stereocenters. The lowest BCUT2D eigenvalue weighted by molar-refractivity contribution is 0.636. The molecule has 4 nitrogen and oxygen atoms in total. The van der Waals surface area contributed by atoms with E-state index in [1.54, 1.807) is 6.07 Å². The molecular weight excluding hydrogens is 253 g/mol. The molecule has 1 aliphatic heterocycles. The minimum atomic E-state index is -0.732. The van der Waals surface area contributed by atoms with Gasteiger partial charge in [0.1, 0.15) is 23.5 Å². The molecule has 1 fully saturated rings. The maximum Gasteiger partial charge on any atom is 0.149 e. The lowest BCUT2D eigenvalue weighted by Crippen LogP contribution is -2.38. The Morgan fingerprint density at radius 3 is 2.78 bits per heavy atom. The van der Waals surface area contributed by atoms with Crippen molar-refractivity contribution in [3.8, 4) is 0 Å². The van der Waals surface area contributed by atoms with E-state index in [-0.39, 0.29) is 5.82 Å². The second-order valence-corrected chi connectivity index (χ2v) is 5.86.